The van der Waals surface area contributed by atoms with E-state index in [4.69, 9.17) is 4.74 Å². The number of rotatable bonds is 3. The van der Waals surface area contributed by atoms with E-state index in [1.165, 1.54) is 7.11 Å². The van der Waals surface area contributed by atoms with Gasteiger partial charge >= 0.3 is 12.1 Å². The summed E-state index contributed by atoms with van der Waals surface area (Å²) in [6.07, 6.45) is -0.597. The maximum atomic E-state index is 11.6. The number of carbonyl (C=O) groups excluding carboxylic acids is 2. The minimum absolute atomic E-state index is 0.0648. The van der Waals surface area contributed by atoms with Crippen LogP contribution in [0.1, 0.15) is 20.8 Å². The van der Waals surface area contributed by atoms with Crippen molar-refractivity contribution in [3.8, 4) is 0 Å². The van der Waals surface area contributed by atoms with Crippen molar-refractivity contribution in [1.82, 2.24) is 10.6 Å². The molecular weight excluding hydrogens is 224 g/mol. The van der Waals surface area contributed by atoms with Gasteiger partial charge in [-0.25, -0.2) is 9.59 Å². The van der Waals surface area contributed by atoms with Crippen molar-refractivity contribution in [1.29, 1.82) is 0 Å². The van der Waals surface area contributed by atoms with Crippen LogP contribution in [0.5, 0.6) is 0 Å². The van der Waals surface area contributed by atoms with Crippen LogP contribution in [0.3, 0.4) is 0 Å². The van der Waals surface area contributed by atoms with E-state index in [9.17, 15) is 9.59 Å². The maximum absolute atomic E-state index is 11.6. The Labute approximate surface area is 101 Å². The monoisotopic (exact) mass is 244 g/mol. The second-order valence-electron chi connectivity index (χ2n) is 5.07. The molecule has 0 bridgehead atoms. The molecule has 1 rings (SSSR count). The number of amides is 1. The van der Waals surface area contributed by atoms with E-state index in [1.54, 1.807) is 20.8 Å². The van der Waals surface area contributed by atoms with Crippen molar-refractivity contribution in [3.05, 3.63) is 0 Å². The predicted molar refractivity (Wildman–Crippen MR) is 61.5 cm³/mol. The summed E-state index contributed by atoms with van der Waals surface area (Å²) in [6.45, 7) is 6.69. The minimum Gasteiger partial charge on any atom is -0.467 e. The summed E-state index contributed by atoms with van der Waals surface area (Å²) in [6, 6.07) is -0.643. The molecule has 0 radical (unpaired) electrons. The van der Waals surface area contributed by atoms with Crippen LogP contribution in [0.2, 0.25) is 0 Å². The third kappa shape index (κ3) is 4.22. The lowest BCUT2D eigenvalue weighted by molar-refractivity contribution is -0.145. The van der Waals surface area contributed by atoms with Crippen molar-refractivity contribution in [2.45, 2.75) is 32.4 Å². The summed E-state index contributed by atoms with van der Waals surface area (Å²) in [5, 5.41) is 5.59. The molecule has 2 N–H and O–H groups in total. The summed E-state index contributed by atoms with van der Waals surface area (Å²) in [5.74, 6) is -0.377. The highest BCUT2D eigenvalue weighted by molar-refractivity contribution is 5.81. The Balaban J connectivity index is 2.54. The van der Waals surface area contributed by atoms with Gasteiger partial charge in [-0.05, 0) is 20.8 Å². The van der Waals surface area contributed by atoms with Crippen LogP contribution in [0, 0.1) is 5.92 Å². The summed E-state index contributed by atoms with van der Waals surface area (Å²) in [4.78, 5) is 23.1. The fourth-order valence-corrected chi connectivity index (χ4v) is 1.48. The Morgan fingerprint density at radius 1 is 1.35 bits per heavy atom. The largest absolute Gasteiger partial charge is 0.467 e. The fraction of sp³-hybridized carbons (Fsp3) is 0.818. The fourth-order valence-electron chi connectivity index (χ4n) is 1.48. The zero-order chi connectivity index (χ0) is 13.1. The number of ether oxygens (including phenoxy) is 2. The van der Waals surface area contributed by atoms with E-state index in [2.05, 4.69) is 15.4 Å². The first kappa shape index (κ1) is 13.8. The van der Waals surface area contributed by atoms with E-state index in [1.807, 2.05) is 0 Å². The Morgan fingerprint density at radius 2 is 1.94 bits per heavy atom. The van der Waals surface area contributed by atoms with Gasteiger partial charge < -0.3 is 20.1 Å². The molecule has 0 saturated carbocycles. The van der Waals surface area contributed by atoms with Gasteiger partial charge in [-0.15, -0.1) is 0 Å². The molecule has 1 amide bonds. The number of carbonyl (C=O) groups is 2. The smallest absolute Gasteiger partial charge is 0.408 e. The van der Waals surface area contributed by atoms with Crippen LogP contribution in [0.25, 0.3) is 0 Å². The van der Waals surface area contributed by atoms with Crippen LogP contribution in [-0.4, -0.2) is 43.9 Å². The van der Waals surface area contributed by atoms with Crippen LogP contribution in [0.4, 0.5) is 4.79 Å². The molecule has 1 fully saturated rings. The van der Waals surface area contributed by atoms with Gasteiger partial charge in [0.25, 0.3) is 0 Å². The summed E-state index contributed by atoms with van der Waals surface area (Å²) < 4.78 is 9.77. The van der Waals surface area contributed by atoms with Gasteiger partial charge in [0.05, 0.1) is 7.11 Å². The average molecular weight is 244 g/mol. The van der Waals surface area contributed by atoms with Crippen molar-refractivity contribution in [2.75, 3.05) is 20.2 Å². The maximum Gasteiger partial charge on any atom is 0.408 e. The van der Waals surface area contributed by atoms with Crippen molar-refractivity contribution in [2.24, 2.45) is 5.92 Å². The average Bonchev–Trinajstić information content (AvgIpc) is 2.09. The quantitative estimate of drug-likeness (QED) is 0.697. The van der Waals surface area contributed by atoms with E-state index in [0.717, 1.165) is 0 Å². The number of esters is 1. The molecule has 1 atom stereocenters. The first-order valence-electron chi connectivity index (χ1n) is 5.61. The van der Waals surface area contributed by atoms with Crippen molar-refractivity contribution >= 4 is 12.1 Å². The summed E-state index contributed by atoms with van der Waals surface area (Å²) in [7, 11) is 1.30. The van der Waals surface area contributed by atoms with E-state index < -0.39 is 23.7 Å². The molecule has 1 heterocycles. The van der Waals surface area contributed by atoms with Gasteiger partial charge in [-0.1, -0.05) is 0 Å². The van der Waals surface area contributed by atoms with Gasteiger partial charge in [0, 0.05) is 19.0 Å². The van der Waals surface area contributed by atoms with Crippen LogP contribution < -0.4 is 10.6 Å². The molecule has 0 aromatic rings. The van der Waals surface area contributed by atoms with Gasteiger partial charge in [0.2, 0.25) is 0 Å². The second kappa shape index (κ2) is 5.35. The van der Waals surface area contributed by atoms with Crippen LogP contribution >= 0.6 is 0 Å². The molecule has 6 nitrogen and oxygen atoms in total. The lowest BCUT2D eigenvalue weighted by atomic mass is 9.94. The molecule has 0 aromatic carbocycles. The topological polar surface area (TPSA) is 76.7 Å². The molecule has 1 aliphatic heterocycles. The predicted octanol–water partition coefficient (Wildman–Crippen LogP) is 0.272. The molecule has 6 heteroatoms. The van der Waals surface area contributed by atoms with E-state index in [0.29, 0.717) is 13.1 Å². The highest BCUT2D eigenvalue weighted by atomic mass is 16.6. The van der Waals surface area contributed by atoms with Crippen molar-refractivity contribution < 1.29 is 19.1 Å². The molecule has 0 spiro atoms. The molecule has 17 heavy (non-hydrogen) atoms. The number of hydrogen-bond acceptors (Lipinski definition) is 5. The molecule has 1 unspecified atom stereocenters. The Morgan fingerprint density at radius 3 is 2.29 bits per heavy atom. The summed E-state index contributed by atoms with van der Waals surface area (Å²) in [5.41, 5.74) is -0.581. The molecule has 98 valence electrons. The Bertz CT molecular complexity index is 294. The van der Waals surface area contributed by atoms with Gasteiger partial charge in [-0.2, -0.15) is 0 Å². The van der Waals surface area contributed by atoms with Gasteiger partial charge in [-0.3, -0.25) is 0 Å². The third-order valence-corrected chi connectivity index (χ3v) is 2.41. The highest BCUT2D eigenvalue weighted by Gasteiger charge is 2.35. The number of methoxy groups -OCH3 is 1. The normalized spacial score (nSPS) is 17.9. The lowest BCUT2D eigenvalue weighted by Gasteiger charge is -2.33. The van der Waals surface area contributed by atoms with Crippen molar-refractivity contribution in [3.63, 3.8) is 0 Å². The number of hydrogen-bond donors (Lipinski definition) is 2. The standard InChI is InChI=1S/C11H20N2O4/c1-11(2,3)17-10(15)13-8(9(14)16-4)7-5-12-6-7/h7-8,12H,5-6H2,1-4H3,(H,13,15). The second-order valence-corrected chi connectivity index (χ2v) is 5.07. The molecule has 0 aliphatic carbocycles. The van der Waals surface area contributed by atoms with Crippen LogP contribution in [-0.2, 0) is 14.3 Å². The number of nitrogens with one attached hydrogen (secondary N) is 2. The Kier molecular flexibility index (Phi) is 4.34. The highest BCUT2D eigenvalue weighted by Crippen LogP contribution is 2.12. The molecular formula is C11H20N2O4. The van der Waals surface area contributed by atoms with Crippen LogP contribution in [0.15, 0.2) is 0 Å². The SMILES string of the molecule is COC(=O)C(NC(=O)OC(C)(C)C)C1CNC1. The molecule has 1 saturated heterocycles. The first-order chi connectivity index (χ1) is 7.83. The first-order valence-corrected chi connectivity index (χ1v) is 5.61. The third-order valence-electron chi connectivity index (χ3n) is 2.41. The van der Waals surface area contributed by atoms with E-state index in [-0.39, 0.29) is 5.92 Å². The minimum atomic E-state index is -0.643. The van der Waals surface area contributed by atoms with Gasteiger partial charge in [0.15, 0.2) is 0 Å². The Hall–Kier alpha value is -1.30. The molecule has 0 aromatic heterocycles. The molecule has 1 aliphatic rings. The lowest BCUT2D eigenvalue weighted by Crippen LogP contribution is -2.58. The van der Waals surface area contributed by atoms with E-state index >= 15 is 0 Å². The zero-order valence-electron chi connectivity index (χ0n) is 10.7. The zero-order valence-corrected chi connectivity index (χ0v) is 10.7. The summed E-state index contributed by atoms with van der Waals surface area (Å²) >= 11 is 0. The van der Waals surface area contributed by atoms with Gasteiger partial charge in [0.1, 0.15) is 11.6 Å². The number of alkyl carbamates (subject to hydrolysis) is 1.